The van der Waals surface area contributed by atoms with Gasteiger partial charge in [-0.05, 0) is 40.8 Å². The number of thiophene rings is 1. The minimum Gasteiger partial charge on any atom is -0.394 e. The van der Waals surface area contributed by atoms with Crippen molar-refractivity contribution in [3.05, 3.63) is 53.6 Å². The molecule has 0 aliphatic carbocycles. The van der Waals surface area contributed by atoms with Crippen LogP contribution in [0.4, 0.5) is 10.5 Å². The maximum absolute atomic E-state index is 12.2. The number of carbonyl (C=O) groups is 1. The summed E-state index contributed by atoms with van der Waals surface area (Å²) in [7, 11) is 0. The van der Waals surface area contributed by atoms with Gasteiger partial charge in [-0.3, -0.25) is 4.99 Å². The highest BCUT2D eigenvalue weighted by atomic mass is 32.1. The molecule has 0 saturated carbocycles. The van der Waals surface area contributed by atoms with Gasteiger partial charge < -0.3 is 20.8 Å². The van der Waals surface area contributed by atoms with Crippen molar-refractivity contribution in [2.75, 3.05) is 18.5 Å². The number of amides is 2. The molecule has 1 aromatic heterocycles. The van der Waals surface area contributed by atoms with E-state index in [-0.39, 0.29) is 13.2 Å². The zero-order valence-corrected chi connectivity index (χ0v) is 15.3. The highest BCUT2D eigenvalue weighted by Gasteiger charge is 2.18. The highest BCUT2D eigenvalue weighted by molar-refractivity contribution is 7.22. The number of anilines is 1. The smallest absolute Gasteiger partial charge is 0.319 e. The van der Waals surface area contributed by atoms with Gasteiger partial charge in [0, 0.05) is 27.0 Å². The van der Waals surface area contributed by atoms with Crippen molar-refractivity contribution < 1.29 is 15.0 Å². The van der Waals surface area contributed by atoms with Gasteiger partial charge >= 0.3 is 6.03 Å². The summed E-state index contributed by atoms with van der Waals surface area (Å²) in [6.07, 6.45) is 1.82. The molecule has 0 radical (unpaired) electrons. The first-order valence-electron chi connectivity index (χ1n) is 8.63. The van der Waals surface area contributed by atoms with Gasteiger partial charge in [-0.1, -0.05) is 18.2 Å². The van der Waals surface area contributed by atoms with Crippen molar-refractivity contribution in [2.45, 2.75) is 12.6 Å². The molecule has 0 saturated heterocycles. The number of carbonyl (C=O) groups excluding carboxylic acids is 1. The van der Waals surface area contributed by atoms with Crippen LogP contribution in [-0.2, 0) is 6.54 Å². The van der Waals surface area contributed by atoms with Crippen molar-refractivity contribution in [1.29, 1.82) is 0 Å². The molecule has 0 unspecified atom stereocenters. The Labute approximate surface area is 160 Å². The molecule has 0 atom stereocenters. The number of fused-ring (bicyclic) bond motifs is 2. The number of nitrogens with zero attached hydrogens (tertiary/aromatic N) is 1. The Morgan fingerprint density at radius 2 is 2.00 bits per heavy atom. The molecule has 6 nitrogen and oxygen atoms in total. The lowest BCUT2D eigenvalue weighted by molar-refractivity contribution is 0.172. The van der Waals surface area contributed by atoms with Crippen molar-refractivity contribution in [2.24, 2.45) is 4.99 Å². The van der Waals surface area contributed by atoms with Crippen LogP contribution in [-0.4, -0.2) is 41.7 Å². The fraction of sp³-hybridized carbons (Fsp3) is 0.200. The van der Waals surface area contributed by atoms with Crippen molar-refractivity contribution in [3.63, 3.8) is 0 Å². The standard InChI is InChI=1S/C20H19N3O3S/c24-10-15(11-25)23-20(26)22-14-5-13-8-21-9-17(13)16(7-14)19-6-12-3-1-2-4-18(12)27-19/h1-8,15,24-25H,9-11H2,(H2,22,23,26). The van der Waals surface area contributed by atoms with Gasteiger partial charge in [-0.25, -0.2) is 4.79 Å². The first-order valence-corrected chi connectivity index (χ1v) is 9.44. The molecule has 4 N–H and O–H groups in total. The normalized spacial score (nSPS) is 12.6. The number of aliphatic hydroxyl groups excluding tert-OH is 2. The Balaban J connectivity index is 1.67. The minimum atomic E-state index is -0.692. The molecule has 2 heterocycles. The van der Waals surface area contributed by atoms with Crippen LogP contribution in [0, 0.1) is 0 Å². The summed E-state index contributed by atoms with van der Waals surface area (Å²) in [6.45, 7) is -0.0237. The molecule has 0 bridgehead atoms. The van der Waals surface area contributed by atoms with Gasteiger partial charge in [0.25, 0.3) is 0 Å². The van der Waals surface area contributed by atoms with E-state index in [0.29, 0.717) is 12.2 Å². The molecule has 27 heavy (non-hydrogen) atoms. The zero-order valence-electron chi connectivity index (χ0n) is 14.5. The van der Waals surface area contributed by atoms with Crippen molar-refractivity contribution in [3.8, 4) is 10.4 Å². The Morgan fingerprint density at radius 3 is 2.78 bits per heavy atom. The van der Waals surface area contributed by atoms with Crippen LogP contribution in [0.2, 0.25) is 0 Å². The maximum Gasteiger partial charge on any atom is 0.319 e. The number of nitrogens with one attached hydrogen (secondary N) is 2. The van der Waals surface area contributed by atoms with Crippen LogP contribution in [0.15, 0.2) is 47.5 Å². The summed E-state index contributed by atoms with van der Waals surface area (Å²) in [6, 6.07) is 13.1. The summed E-state index contributed by atoms with van der Waals surface area (Å²) in [5.74, 6) is 0. The van der Waals surface area contributed by atoms with Crippen LogP contribution in [0.25, 0.3) is 20.5 Å². The number of hydrogen-bond donors (Lipinski definition) is 4. The lowest BCUT2D eigenvalue weighted by atomic mass is 10.0. The number of hydrogen-bond acceptors (Lipinski definition) is 5. The van der Waals surface area contributed by atoms with E-state index < -0.39 is 12.1 Å². The fourth-order valence-electron chi connectivity index (χ4n) is 3.13. The summed E-state index contributed by atoms with van der Waals surface area (Å²) < 4.78 is 1.21. The van der Waals surface area contributed by atoms with Gasteiger partial charge in [0.1, 0.15) is 0 Å². The van der Waals surface area contributed by atoms with E-state index in [1.54, 1.807) is 11.3 Å². The van der Waals surface area contributed by atoms with E-state index >= 15 is 0 Å². The largest absolute Gasteiger partial charge is 0.394 e. The number of benzene rings is 2. The Bertz CT molecular complexity index is 991. The topological polar surface area (TPSA) is 94.0 Å². The molecule has 2 aromatic carbocycles. The average Bonchev–Trinajstić information content (AvgIpc) is 3.31. The van der Waals surface area contributed by atoms with E-state index in [2.05, 4.69) is 33.8 Å². The first kappa shape index (κ1) is 17.7. The third-order valence-electron chi connectivity index (χ3n) is 4.49. The summed E-state index contributed by atoms with van der Waals surface area (Å²) >= 11 is 1.71. The third-order valence-corrected chi connectivity index (χ3v) is 5.64. The van der Waals surface area contributed by atoms with Crippen LogP contribution < -0.4 is 10.6 Å². The lowest BCUT2D eigenvalue weighted by Crippen LogP contribution is -2.42. The average molecular weight is 381 g/mol. The van der Waals surface area contributed by atoms with Gasteiger partial charge in [0.2, 0.25) is 0 Å². The zero-order chi connectivity index (χ0) is 18.8. The van der Waals surface area contributed by atoms with Crippen LogP contribution >= 0.6 is 11.3 Å². The van der Waals surface area contributed by atoms with E-state index in [4.69, 9.17) is 10.2 Å². The SMILES string of the molecule is O=C(Nc1cc2c(c(-c3cc4ccccc4s3)c1)CN=C2)NC(CO)CO. The summed E-state index contributed by atoms with van der Waals surface area (Å²) in [5.41, 5.74) is 3.83. The second-order valence-electron chi connectivity index (χ2n) is 6.37. The molecule has 1 aliphatic heterocycles. The number of urea groups is 1. The molecular formula is C20H19N3O3S. The molecule has 0 spiro atoms. The molecule has 2 amide bonds. The number of aliphatic hydroxyl groups is 2. The molecule has 0 fully saturated rings. The number of rotatable bonds is 5. The van der Waals surface area contributed by atoms with Gasteiger partial charge in [0.05, 0.1) is 25.8 Å². The van der Waals surface area contributed by atoms with Crippen LogP contribution in [0.3, 0.4) is 0 Å². The van der Waals surface area contributed by atoms with Gasteiger partial charge in [-0.2, -0.15) is 0 Å². The second-order valence-corrected chi connectivity index (χ2v) is 7.45. The summed E-state index contributed by atoms with van der Waals surface area (Å²) in [5, 5.41) is 24.7. The van der Waals surface area contributed by atoms with Gasteiger partial charge in [0.15, 0.2) is 0 Å². The van der Waals surface area contributed by atoms with E-state index in [0.717, 1.165) is 21.6 Å². The predicted molar refractivity (Wildman–Crippen MR) is 109 cm³/mol. The Morgan fingerprint density at radius 1 is 1.19 bits per heavy atom. The van der Waals surface area contributed by atoms with E-state index in [1.807, 2.05) is 30.5 Å². The molecule has 1 aliphatic rings. The Kier molecular flexibility index (Phi) is 4.89. The van der Waals surface area contributed by atoms with Crippen LogP contribution in [0.1, 0.15) is 11.1 Å². The quantitative estimate of drug-likeness (QED) is 0.547. The molecular weight excluding hydrogens is 362 g/mol. The highest BCUT2D eigenvalue weighted by Crippen LogP contribution is 2.38. The Hall–Kier alpha value is -2.74. The maximum atomic E-state index is 12.2. The molecule has 4 rings (SSSR count). The monoisotopic (exact) mass is 381 g/mol. The summed E-state index contributed by atoms with van der Waals surface area (Å²) in [4.78, 5) is 17.7. The van der Waals surface area contributed by atoms with Gasteiger partial charge in [-0.15, -0.1) is 11.3 Å². The molecule has 3 aromatic rings. The van der Waals surface area contributed by atoms with E-state index in [1.165, 1.54) is 10.1 Å². The minimum absolute atomic E-state index is 0.326. The first-order chi connectivity index (χ1) is 13.2. The lowest BCUT2D eigenvalue weighted by Gasteiger charge is -2.15. The predicted octanol–water partition coefficient (Wildman–Crippen LogP) is 2.98. The molecule has 138 valence electrons. The third kappa shape index (κ3) is 3.57. The fourth-order valence-corrected chi connectivity index (χ4v) is 4.24. The molecule has 7 heteroatoms. The van der Waals surface area contributed by atoms with Crippen molar-refractivity contribution in [1.82, 2.24) is 5.32 Å². The number of aliphatic imine (C=N–C) groups is 1. The van der Waals surface area contributed by atoms with E-state index in [9.17, 15) is 4.79 Å². The second kappa shape index (κ2) is 7.48. The van der Waals surface area contributed by atoms with Crippen LogP contribution in [0.5, 0.6) is 0 Å². The van der Waals surface area contributed by atoms with Crippen molar-refractivity contribution >= 4 is 39.4 Å².